The van der Waals surface area contributed by atoms with Gasteiger partial charge in [0.1, 0.15) is 16.9 Å². The van der Waals surface area contributed by atoms with Crippen molar-refractivity contribution in [3.8, 4) is 16.3 Å². The van der Waals surface area contributed by atoms with Crippen molar-refractivity contribution in [1.29, 1.82) is 5.41 Å². The van der Waals surface area contributed by atoms with Gasteiger partial charge < -0.3 is 10.1 Å². The summed E-state index contributed by atoms with van der Waals surface area (Å²) in [6.45, 7) is 3.88. The molecule has 0 spiro atoms. The third kappa shape index (κ3) is 4.87. The van der Waals surface area contributed by atoms with E-state index in [1.165, 1.54) is 29.7 Å². The van der Waals surface area contributed by atoms with E-state index in [4.69, 9.17) is 10.1 Å². The maximum Gasteiger partial charge on any atom is 0.416 e. The number of nitrogens with one attached hydrogen (secondary N) is 1. The van der Waals surface area contributed by atoms with Gasteiger partial charge in [-0.3, -0.25) is 0 Å². The molecule has 3 rings (SSSR count). The van der Waals surface area contributed by atoms with Crippen LogP contribution in [0.1, 0.15) is 41.1 Å². The zero-order chi connectivity index (χ0) is 21.2. The summed E-state index contributed by atoms with van der Waals surface area (Å²) < 4.78 is 45.2. The van der Waals surface area contributed by atoms with Crippen molar-refractivity contribution in [3.63, 3.8) is 0 Å². The quantitative estimate of drug-likeness (QED) is 0.371. The molecule has 3 aromatic rings. The van der Waals surface area contributed by atoms with E-state index in [0.29, 0.717) is 22.7 Å². The maximum atomic E-state index is 12.8. The van der Waals surface area contributed by atoms with Gasteiger partial charge in [-0.15, -0.1) is 11.3 Å². The maximum absolute atomic E-state index is 12.8. The van der Waals surface area contributed by atoms with Crippen molar-refractivity contribution in [2.75, 3.05) is 0 Å². The van der Waals surface area contributed by atoms with Crippen LogP contribution in [0.5, 0.6) is 5.75 Å². The number of hydrogen-bond acceptors (Lipinski definition) is 4. The number of halogens is 4. The second-order valence-electron chi connectivity index (χ2n) is 6.39. The summed E-state index contributed by atoms with van der Waals surface area (Å²) in [6.07, 6.45) is -2.62. The van der Waals surface area contributed by atoms with Crippen LogP contribution in [0.3, 0.4) is 0 Å². The molecule has 1 N–H and O–H groups in total. The van der Waals surface area contributed by atoms with Crippen molar-refractivity contribution in [1.82, 2.24) is 4.98 Å². The van der Waals surface area contributed by atoms with Crippen LogP contribution in [0.4, 0.5) is 13.2 Å². The predicted molar refractivity (Wildman–Crippen MR) is 113 cm³/mol. The van der Waals surface area contributed by atoms with Gasteiger partial charge in [0.25, 0.3) is 0 Å². The fraction of sp³-hybridized carbons (Fsp3) is 0.238. The Balaban J connectivity index is 1.86. The molecule has 0 saturated carbocycles. The molecule has 29 heavy (non-hydrogen) atoms. The fourth-order valence-electron chi connectivity index (χ4n) is 2.82. The standard InChI is InChI=1S/C21H18BrF3N2OS/c1-3-18(28-16-9-6-14(11-26)17(22)10-16)19-12(2)27-20(29-19)13-4-7-15(8-5-13)21(23,24)25/h4-11,18,26H,3H2,1-2H3. The minimum absolute atomic E-state index is 0.228. The summed E-state index contributed by atoms with van der Waals surface area (Å²) in [4.78, 5) is 5.49. The highest BCUT2D eigenvalue weighted by Gasteiger charge is 2.30. The van der Waals surface area contributed by atoms with Crippen LogP contribution >= 0.6 is 27.3 Å². The average Bonchev–Trinajstić information content (AvgIpc) is 3.07. The summed E-state index contributed by atoms with van der Waals surface area (Å²) in [5.74, 6) is 0.665. The SMILES string of the molecule is CCC(Oc1ccc(C=N)c(Br)c1)c1sc(-c2ccc(C(F)(F)F)cc2)nc1C. The molecule has 1 heterocycles. The van der Waals surface area contributed by atoms with E-state index < -0.39 is 11.7 Å². The van der Waals surface area contributed by atoms with Crippen molar-refractivity contribution in [2.24, 2.45) is 0 Å². The molecule has 0 fully saturated rings. The number of aryl methyl sites for hydroxylation is 1. The van der Waals surface area contributed by atoms with Crippen LogP contribution in [-0.2, 0) is 6.18 Å². The Morgan fingerprint density at radius 3 is 2.45 bits per heavy atom. The average molecular weight is 483 g/mol. The van der Waals surface area contributed by atoms with E-state index in [1.54, 1.807) is 12.1 Å². The van der Waals surface area contributed by atoms with E-state index in [-0.39, 0.29) is 6.10 Å². The van der Waals surface area contributed by atoms with E-state index in [2.05, 4.69) is 20.9 Å². The number of thiazole rings is 1. The lowest BCUT2D eigenvalue weighted by molar-refractivity contribution is -0.137. The number of hydrogen-bond donors (Lipinski definition) is 1. The van der Waals surface area contributed by atoms with E-state index in [1.807, 2.05) is 19.9 Å². The molecule has 0 aliphatic carbocycles. The fourth-order valence-corrected chi connectivity index (χ4v) is 4.47. The minimum Gasteiger partial charge on any atom is -0.485 e. The zero-order valence-electron chi connectivity index (χ0n) is 15.7. The number of rotatable bonds is 6. The zero-order valence-corrected chi connectivity index (χ0v) is 18.1. The Hall–Kier alpha value is -2.19. The molecular weight excluding hydrogens is 465 g/mol. The number of nitrogens with zero attached hydrogens (tertiary/aromatic N) is 1. The molecule has 0 bridgehead atoms. The smallest absolute Gasteiger partial charge is 0.416 e. The predicted octanol–water partition coefficient (Wildman–Crippen LogP) is 7.43. The van der Waals surface area contributed by atoms with Gasteiger partial charge in [-0.05, 0) is 59.6 Å². The Labute approximate surface area is 179 Å². The molecule has 2 aromatic carbocycles. The first-order chi connectivity index (χ1) is 13.7. The Bertz CT molecular complexity index is 1020. The molecule has 0 radical (unpaired) electrons. The van der Waals surface area contributed by atoms with Gasteiger partial charge >= 0.3 is 6.18 Å². The lowest BCUT2D eigenvalue weighted by atomic mass is 10.1. The van der Waals surface area contributed by atoms with Gasteiger partial charge in [-0.2, -0.15) is 13.2 Å². The highest BCUT2D eigenvalue weighted by molar-refractivity contribution is 9.10. The van der Waals surface area contributed by atoms with Gasteiger partial charge in [0.15, 0.2) is 0 Å². The van der Waals surface area contributed by atoms with Crippen LogP contribution in [0.2, 0.25) is 0 Å². The molecule has 152 valence electrons. The summed E-state index contributed by atoms with van der Waals surface area (Å²) >= 11 is 4.85. The molecule has 0 amide bonds. The third-order valence-electron chi connectivity index (χ3n) is 4.36. The topological polar surface area (TPSA) is 46.0 Å². The number of benzene rings is 2. The highest BCUT2D eigenvalue weighted by atomic mass is 79.9. The Kier molecular flexibility index (Phi) is 6.43. The minimum atomic E-state index is -4.36. The first-order valence-corrected chi connectivity index (χ1v) is 10.5. The summed E-state index contributed by atoms with van der Waals surface area (Å²) in [5, 5.41) is 8.02. The molecule has 3 nitrogen and oxygen atoms in total. The van der Waals surface area contributed by atoms with Gasteiger partial charge in [-0.25, -0.2) is 4.98 Å². The molecule has 0 aliphatic heterocycles. The van der Waals surface area contributed by atoms with Crippen LogP contribution in [0, 0.1) is 12.3 Å². The van der Waals surface area contributed by atoms with Crippen LogP contribution in [0.25, 0.3) is 10.6 Å². The Morgan fingerprint density at radius 1 is 1.21 bits per heavy atom. The van der Waals surface area contributed by atoms with Crippen LogP contribution in [-0.4, -0.2) is 11.2 Å². The van der Waals surface area contributed by atoms with Crippen molar-refractivity contribution < 1.29 is 17.9 Å². The van der Waals surface area contributed by atoms with Crippen molar-refractivity contribution in [3.05, 3.63) is 68.6 Å². The van der Waals surface area contributed by atoms with Crippen LogP contribution < -0.4 is 4.74 Å². The Morgan fingerprint density at radius 2 is 1.90 bits per heavy atom. The molecule has 1 unspecified atom stereocenters. The highest BCUT2D eigenvalue weighted by Crippen LogP contribution is 2.37. The van der Waals surface area contributed by atoms with Crippen molar-refractivity contribution >= 4 is 33.5 Å². The lowest BCUT2D eigenvalue weighted by Gasteiger charge is -2.17. The van der Waals surface area contributed by atoms with Gasteiger partial charge in [0, 0.05) is 21.8 Å². The third-order valence-corrected chi connectivity index (χ3v) is 6.35. The monoisotopic (exact) mass is 482 g/mol. The number of alkyl halides is 3. The van der Waals surface area contributed by atoms with E-state index >= 15 is 0 Å². The molecule has 1 aromatic heterocycles. The molecular formula is C21H18BrF3N2OS. The second kappa shape index (κ2) is 8.67. The van der Waals surface area contributed by atoms with E-state index in [0.717, 1.165) is 32.7 Å². The van der Waals surface area contributed by atoms with Gasteiger partial charge in [0.05, 0.1) is 16.1 Å². The van der Waals surface area contributed by atoms with Crippen molar-refractivity contribution in [2.45, 2.75) is 32.5 Å². The lowest BCUT2D eigenvalue weighted by Crippen LogP contribution is -2.06. The molecule has 0 aliphatic rings. The number of ether oxygens (including phenoxy) is 1. The first kappa shape index (κ1) is 21.5. The normalized spacial score (nSPS) is 12.6. The molecule has 1 atom stereocenters. The largest absolute Gasteiger partial charge is 0.485 e. The second-order valence-corrected chi connectivity index (χ2v) is 8.27. The summed E-state index contributed by atoms with van der Waals surface area (Å²) in [7, 11) is 0. The van der Waals surface area contributed by atoms with E-state index in [9.17, 15) is 13.2 Å². The first-order valence-electron chi connectivity index (χ1n) is 8.84. The summed E-state index contributed by atoms with van der Waals surface area (Å²) in [5.41, 5.74) is 1.52. The van der Waals surface area contributed by atoms with Gasteiger partial charge in [0.2, 0.25) is 0 Å². The number of aromatic nitrogens is 1. The van der Waals surface area contributed by atoms with Crippen LogP contribution in [0.15, 0.2) is 46.9 Å². The molecule has 0 saturated heterocycles. The molecule has 8 heteroatoms. The van der Waals surface area contributed by atoms with Gasteiger partial charge in [-0.1, -0.05) is 19.1 Å². The summed E-state index contributed by atoms with van der Waals surface area (Å²) in [6, 6.07) is 10.5.